The first-order valence-electron chi connectivity index (χ1n) is 9.68. The number of halogens is 7. The molecule has 0 radical (unpaired) electrons. The van der Waals surface area contributed by atoms with Gasteiger partial charge in [-0.3, -0.25) is 9.59 Å². The number of rotatable bonds is 5. The smallest absolute Gasteiger partial charge is 0.257 e. The Morgan fingerprint density at radius 2 is 1.38 bits per heavy atom. The Hall–Kier alpha value is -1.73. The van der Waals surface area contributed by atoms with Crippen LogP contribution in [0.1, 0.15) is 21.8 Å². The van der Waals surface area contributed by atoms with Crippen molar-refractivity contribution in [3.05, 3.63) is 91.6 Å². The molecule has 4 nitrogen and oxygen atoms in total. The van der Waals surface area contributed by atoms with Crippen molar-refractivity contribution in [2.24, 2.45) is 5.92 Å². The lowest BCUT2D eigenvalue weighted by Gasteiger charge is -2.11. The van der Waals surface area contributed by atoms with Crippen molar-refractivity contribution in [3.8, 4) is 0 Å². The number of nitrogens with one attached hydrogen (secondary N) is 2. The van der Waals surface area contributed by atoms with Gasteiger partial charge in [0.05, 0.1) is 21.5 Å². The molecule has 0 unspecified atom stereocenters. The zero-order chi connectivity index (χ0) is 24.8. The van der Waals surface area contributed by atoms with Crippen molar-refractivity contribution < 1.29 is 14.0 Å². The third-order valence-corrected chi connectivity index (χ3v) is 7.25. The Bertz CT molecular complexity index is 1300. The predicted octanol–water partition coefficient (Wildman–Crippen LogP) is 8.22. The summed E-state index contributed by atoms with van der Waals surface area (Å²) in [6.45, 7) is 0. The molecule has 3 aromatic rings. The summed E-state index contributed by atoms with van der Waals surface area (Å²) >= 11 is 36.7. The minimum absolute atomic E-state index is 0.0619. The summed E-state index contributed by atoms with van der Waals surface area (Å²) < 4.78 is 12.3. The number of alkyl halides is 2. The van der Waals surface area contributed by atoms with Gasteiger partial charge in [-0.1, -0.05) is 46.4 Å². The lowest BCUT2D eigenvalue weighted by molar-refractivity contribution is -0.117. The lowest BCUT2D eigenvalue weighted by Crippen LogP contribution is -2.18. The van der Waals surface area contributed by atoms with Crippen LogP contribution in [0.5, 0.6) is 0 Å². The number of carbonyl (C=O) groups is 2. The van der Waals surface area contributed by atoms with Crippen LogP contribution < -0.4 is 10.6 Å². The summed E-state index contributed by atoms with van der Waals surface area (Å²) in [7, 11) is 0. The van der Waals surface area contributed by atoms with Gasteiger partial charge in [-0.25, -0.2) is 4.39 Å². The number of hydrogen-bond acceptors (Lipinski definition) is 2. The van der Waals surface area contributed by atoms with Gasteiger partial charge in [0.15, 0.2) is 0 Å². The van der Waals surface area contributed by atoms with Crippen LogP contribution in [0.25, 0.3) is 0 Å². The third kappa shape index (κ3) is 5.25. The van der Waals surface area contributed by atoms with E-state index in [1.807, 2.05) is 0 Å². The van der Waals surface area contributed by atoms with Crippen LogP contribution in [-0.4, -0.2) is 16.1 Å². The Morgan fingerprint density at radius 1 is 0.794 bits per heavy atom. The predicted molar refractivity (Wildman–Crippen MR) is 137 cm³/mol. The van der Waals surface area contributed by atoms with Crippen LogP contribution in [0.15, 0.2) is 54.6 Å². The van der Waals surface area contributed by atoms with Crippen molar-refractivity contribution in [1.29, 1.82) is 0 Å². The Balaban J connectivity index is 1.51. The van der Waals surface area contributed by atoms with Crippen LogP contribution in [-0.2, 0) is 4.79 Å². The molecule has 1 aliphatic rings. The van der Waals surface area contributed by atoms with E-state index in [-0.39, 0.29) is 21.3 Å². The van der Waals surface area contributed by atoms with Crippen LogP contribution >= 0.6 is 69.6 Å². The summed E-state index contributed by atoms with van der Waals surface area (Å²) in [4.78, 5) is 25.6. The third-order valence-electron chi connectivity index (χ3n) is 5.24. The zero-order valence-corrected chi connectivity index (χ0v) is 21.3. The summed E-state index contributed by atoms with van der Waals surface area (Å²) in [5.74, 6) is -3.06. The van der Waals surface area contributed by atoms with Gasteiger partial charge < -0.3 is 10.6 Å². The van der Waals surface area contributed by atoms with E-state index in [1.165, 1.54) is 30.3 Å². The largest absolute Gasteiger partial charge is 0.326 e. The summed E-state index contributed by atoms with van der Waals surface area (Å²) in [6.07, 6.45) is 0. The highest BCUT2D eigenvalue weighted by molar-refractivity contribution is 6.53. The average molecular weight is 581 g/mol. The van der Waals surface area contributed by atoms with Gasteiger partial charge in [0.25, 0.3) is 5.91 Å². The van der Waals surface area contributed by atoms with E-state index < -0.39 is 33.8 Å². The molecule has 0 heterocycles. The van der Waals surface area contributed by atoms with Crippen LogP contribution in [0.3, 0.4) is 0 Å². The number of anilines is 2. The molecule has 3 aromatic carbocycles. The number of hydrogen-bond donors (Lipinski definition) is 2. The molecule has 1 saturated carbocycles. The van der Waals surface area contributed by atoms with Crippen molar-refractivity contribution in [3.63, 3.8) is 0 Å². The fraction of sp³-hybridized carbons (Fsp3) is 0.130. The highest BCUT2D eigenvalue weighted by atomic mass is 35.5. The Morgan fingerprint density at radius 3 is 2.00 bits per heavy atom. The first kappa shape index (κ1) is 25.4. The number of carbonyl (C=O) groups excluding carboxylic acids is 2. The highest BCUT2D eigenvalue weighted by Gasteiger charge is 2.67. The van der Waals surface area contributed by atoms with E-state index in [4.69, 9.17) is 69.6 Å². The van der Waals surface area contributed by atoms with E-state index in [9.17, 15) is 14.0 Å². The monoisotopic (exact) mass is 578 g/mol. The van der Waals surface area contributed by atoms with Gasteiger partial charge in [-0.2, -0.15) is 0 Å². The second kappa shape index (κ2) is 9.73. The molecule has 1 fully saturated rings. The number of amides is 2. The van der Waals surface area contributed by atoms with E-state index in [0.29, 0.717) is 21.3 Å². The Kier molecular flexibility index (Phi) is 7.26. The van der Waals surface area contributed by atoms with Crippen LogP contribution in [0.4, 0.5) is 15.8 Å². The summed E-state index contributed by atoms with van der Waals surface area (Å²) in [5, 5.41) is 6.08. The second-order valence-corrected chi connectivity index (χ2v) is 10.7. The van der Waals surface area contributed by atoms with Crippen molar-refractivity contribution in [1.82, 2.24) is 0 Å². The molecule has 176 valence electrons. The molecule has 1 aliphatic carbocycles. The maximum atomic E-state index is 13.7. The maximum Gasteiger partial charge on any atom is 0.257 e. The van der Waals surface area contributed by atoms with Gasteiger partial charge in [0.1, 0.15) is 10.2 Å². The Labute approximate surface area is 224 Å². The summed E-state index contributed by atoms with van der Waals surface area (Å²) in [6, 6.07) is 13.1. The van der Waals surface area contributed by atoms with Crippen molar-refractivity contribution in [2.75, 3.05) is 10.6 Å². The molecule has 0 aliphatic heterocycles. The zero-order valence-electron chi connectivity index (χ0n) is 16.8. The standard InChI is InChI=1S/C23H13Cl6FN2O2/c24-11-5-10(6-12(25)7-11)19-20(23(19,28)29)22(34)32-13-1-3-16(26)15(8-13)21(33)31-14-2-4-17(27)18(30)9-14/h1-9,19-20H,(H,31,33)(H,32,34)/t19-,20+/m1/s1. The average Bonchev–Trinajstić information content (AvgIpc) is 3.33. The normalized spacial score (nSPS) is 18.3. The molecule has 34 heavy (non-hydrogen) atoms. The van der Waals surface area contributed by atoms with Gasteiger partial charge >= 0.3 is 0 Å². The lowest BCUT2D eigenvalue weighted by atomic mass is 10.1. The molecular formula is C23H13Cl6FN2O2. The van der Waals surface area contributed by atoms with Crippen LogP contribution in [0.2, 0.25) is 20.1 Å². The first-order valence-corrected chi connectivity index (χ1v) is 11.9. The van der Waals surface area contributed by atoms with Gasteiger partial charge in [-0.05, 0) is 60.2 Å². The fourth-order valence-electron chi connectivity index (χ4n) is 3.59. The summed E-state index contributed by atoms with van der Waals surface area (Å²) in [5.41, 5.74) is 1.18. The van der Waals surface area contributed by atoms with E-state index >= 15 is 0 Å². The molecule has 0 saturated heterocycles. The van der Waals surface area contributed by atoms with Gasteiger partial charge in [0.2, 0.25) is 5.91 Å². The molecular weight excluding hydrogens is 568 g/mol. The molecule has 2 atom stereocenters. The van der Waals surface area contributed by atoms with Gasteiger partial charge in [0, 0.05) is 27.3 Å². The number of benzene rings is 3. The van der Waals surface area contributed by atoms with E-state index in [0.717, 1.165) is 6.07 Å². The first-order chi connectivity index (χ1) is 16.0. The topological polar surface area (TPSA) is 58.2 Å². The molecule has 11 heteroatoms. The highest BCUT2D eigenvalue weighted by Crippen LogP contribution is 2.65. The quantitative estimate of drug-likeness (QED) is 0.299. The van der Waals surface area contributed by atoms with E-state index in [1.54, 1.807) is 18.2 Å². The van der Waals surface area contributed by atoms with Crippen molar-refractivity contribution >= 4 is 92.8 Å². The molecule has 2 amide bonds. The SMILES string of the molecule is O=C(Nc1ccc(Cl)c(F)c1)c1cc(NC(=O)[C@@H]2[C@@H](c3cc(Cl)cc(Cl)c3)C2(Cl)Cl)ccc1Cl. The maximum absolute atomic E-state index is 13.7. The fourth-order valence-corrected chi connectivity index (χ4v) is 5.28. The van der Waals surface area contributed by atoms with Gasteiger partial charge in [-0.15, -0.1) is 23.2 Å². The van der Waals surface area contributed by atoms with Crippen molar-refractivity contribution in [2.45, 2.75) is 10.3 Å². The minimum atomic E-state index is -1.36. The molecule has 2 N–H and O–H groups in total. The minimum Gasteiger partial charge on any atom is -0.326 e. The second-order valence-electron chi connectivity index (χ2n) is 7.60. The molecule has 0 spiro atoms. The van der Waals surface area contributed by atoms with E-state index in [2.05, 4.69) is 10.6 Å². The molecule has 0 aromatic heterocycles. The molecule has 4 rings (SSSR count). The van der Waals surface area contributed by atoms with Crippen LogP contribution in [0, 0.1) is 11.7 Å². The molecule has 0 bridgehead atoms.